The average Bonchev–Trinajstić information content (AvgIpc) is 2.46. The van der Waals surface area contributed by atoms with Crippen LogP contribution in [0.5, 0.6) is 0 Å². The van der Waals surface area contributed by atoms with Crippen LogP contribution < -0.4 is 10.6 Å². The first-order chi connectivity index (χ1) is 9.19. The molecule has 2 heteroatoms. The molecule has 0 aliphatic carbocycles. The maximum Gasteiger partial charge on any atom is 0.0363 e. The Morgan fingerprint density at radius 2 is 1.47 bits per heavy atom. The van der Waals surface area contributed by atoms with E-state index in [1.54, 1.807) is 0 Å². The molecule has 0 spiro atoms. The molecule has 0 amide bonds. The molecule has 100 valence electrons. The maximum absolute atomic E-state index is 5.61. The number of aryl methyl sites for hydroxylation is 1. The Kier molecular flexibility index (Phi) is 4.58. The van der Waals surface area contributed by atoms with E-state index in [4.69, 9.17) is 5.73 Å². The van der Waals surface area contributed by atoms with Crippen molar-refractivity contribution in [1.82, 2.24) is 0 Å². The van der Waals surface area contributed by atoms with Gasteiger partial charge in [0.15, 0.2) is 0 Å². The summed E-state index contributed by atoms with van der Waals surface area (Å²) in [5.74, 6) is 0. The monoisotopic (exact) mass is 254 g/mol. The fourth-order valence-corrected chi connectivity index (χ4v) is 2.07. The number of nitrogens with two attached hydrogens (primary N) is 1. The van der Waals surface area contributed by atoms with Gasteiger partial charge >= 0.3 is 0 Å². The van der Waals surface area contributed by atoms with Gasteiger partial charge < -0.3 is 10.6 Å². The zero-order valence-corrected chi connectivity index (χ0v) is 11.8. The van der Waals surface area contributed by atoms with Crippen LogP contribution in [0.1, 0.15) is 16.7 Å². The number of anilines is 1. The molecular formula is C17H22N2. The lowest BCUT2D eigenvalue weighted by Gasteiger charge is -2.19. The van der Waals surface area contributed by atoms with Gasteiger partial charge in [0.1, 0.15) is 0 Å². The minimum Gasteiger partial charge on any atom is -0.374 e. The van der Waals surface area contributed by atoms with Crippen LogP contribution in [0.3, 0.4) is 0 Å². The predicted molar refractivity (Wildman–Crippen MR) is 82.5 cm³/mol. The highest BCUT2D eigenvalue weighted by molar-refractivity contribution is 5.47. The molecule has 2 aromatic rings. The predicted octanol–water partition coefficient (Wildman–Crippen LogP) is 3.13. The van der Waals surface area contributed by atoms with Crippen LogP contribution >= 0.6 is 0 Å². The van der Waals surface area contributed by atoms with E-state index in [-0.39, 0.29) is 0 Å². The lowest BCUT2D eigenvalue weighted by molar-refractivity contribution is 0.875. The van der Waals surface area contributed by atoms with Crippen molar-refractivity contribution in [3.63, 3.8) is 0 Å². The summed E-state index contributed by atoms with van der Waals surface area (Å²) in [7, 11) is 2.13. The van der Waals surface area contributed by atoms with Crippen LogP contribution in [0.2, 0.25) is 0 Å². The van der Waals surface area contributed by atoms with Gasteiger partial charge in [-0.2, -0.15) is 0 Å². The highest BCUT2D eigenvalue weighted by atomic mass is 15.1. The van der Waals surface area contributed by atoms with E-state index < -0.39 is 0 Å². The maximum atomic E-state index is 5.61. The Balaban J connectivity index is 1.93. The summed E-state index contributed by atoms with van der Waals surface area (Å²) in [6.07, 6.45) is 1.06. The van der Waals surface area contributed by atoms with E-state index >= 15 is 0 Å². The minimum atomic E-state index is 0.605. The normalized spacial score (nSPS) is 10.5. The number of benzene rings is 2. The molecule has 0 bridgehead atoms. The van der Waals surface area contributed by atoms with Gasteiger partial charge in [-0.15, -0.1) is 0 Å². The molecule has 0 unspecified atom stereocenters. The second kappa shape index (κ2) is 6.39. The Morgan fingerprint density at radius 3 is 2.05 bits per heavy atom. The van der Waals surface area contributed by atoms with Gasteiger partial charge in [-0.25, -0.2) is 0 Å². The van der Waals surface area contributed by atoms with Gasteiger partial charge in [-0.3, -0.25) is 0 Å². The van der Waals surface area contributed by atoms with Gasteiger partial charge in [0.2, 0.25) is 0 Å². The molecular weight excluding hydrogens is 232 g/mol. The molecule has 2 N–H and O–H groups in total. The van der Waals surface area contributed by atoms with Crippen LogP contribution in [-0.2, 0) is 13.0 Å². The number of hydrogen-bond donors (Lipinski definition) is 1. The second-order valence-corrected chi connectivity index (χ2v) is 5.03. The Bertz CT molecular complexity index is 500. The first-order valence-corrected chi connectivity index (χ1v) is 6.75. The average molecular weight is 254 g/mol. The van der Waals surface area contributed by atoms with Crippen molar-refractivity contribution in [3.8, 4) is 0 Å². The van der Waals surface area contributed by atoms with E-state index in [0.717, 1.165) is 13.0 Å². The van der Waals surface area contributed by atoms with E-state index in [1.165, 1.54) is 22.4 Å². The highest BCUT2D eigenvalue weighted by Gasteiger charge is 2.01. The molecule has 0 aromatic heterocycles. The van der Waals surface area contributed by atoms with Crippen LogP contribution in [0.25, 0.3) is 0 Å². The lowest BCUT2D eigenvalue weighted by Crippen LogP contribution is -2.20. The van der Waals surface area contributed by atoms with Crippen LogP contribution in [-0.4, -0.2) is 13.6 Å². The minimum absolute atomic E-state index is 0.605. The van der Waals surface area contributed by atoms with E-state index in [0.29, 0.717) is 6.54 Å². The highest BCUT2D eigenvalue weighted by Crippen LogP contribution is 2.14. The van der Waals surface area contributed by atoms with E-state index in [9.17, 15) is 0 Å². The summed E-state index contributed by atoms with van der Waals surface area (Å²) >= 11 is 0. The van der Waals surface area contributed by atoms with Crippen LogP contribution in [0.4, 0.5) is 5.69 Å². The second-order valence-electron chi connectivity index (χ2n) is 5.03. The van der Waals surface area contributed by atoms with E-state index in [2.05, 4.69) is 67.4 Å². The SMILES string of the molecule is Cc1ccc(CCN(C)c2ccc(CN)cc2)cc1. The molecule has 19 heavy (non-hydrogen) atoms. The summed E-state index contributed by atoms with van der Waals surface area (Å²) in [4.78, 5) is 2.28. The quantitative estimate of drug-likeness (QED) is 0.888. The molecule has 0 aliphatic rings. The fraction of sp³-hybridized carbons (Fsp3) is 0.294. The molecule has 2 rings (SSSR count). The van der Waals surface area contributed by atoms with Crippen molar-refractivity contribution in [2.24, 2.45) is 5.73 Å². The van der Waals surface area contributed by atoms with Crippen molar-refractivity contribution in [3.05, 3.63) is 65.2 Å². The Morgan fingerprint density at radius 1 is 0.895 bits per heavy atom. The van der Waals surface area contributed by atoms with Crippen molar-refractivity contribution in [1.29, 1.82) is 0 Å². The topological polar surface area (TPSA) is 29.3 Å². The third-order valence-electron chi connectivity index (χ3n) is 3.47. The third kappa shape index (κ3) is 3.83. The van der Waals surface area contributed by atoms with Crippen molar-refractivity contribution in [2.45, 2.75) is 19.9 Å². The summed E-state index contributed by atoms with van der Waals surface area (Å²) in [6.45, 7) is 3.74. The summed E-state index contributed by atoms with van der Waals surface area (Å²) in [5, 5.41) is 0. The number of likely N-dealkylation sites (N-methyl/N-ethyl adjacent to an activating group) is 1. The first kappa shape index (κ1) is 13.6. The first-order valence-electron chi connectivity index (χ1n) is 6.75. The summed E-state index contributed by atoms with van der Waals surface area (Å²) < 4.78 is 0. The van der Waals surface area contributed by atoms with Crippen molar-refractivity contribution < 1.29 is 0 Å². The number of nitrogens with zero attached hydrogens (tertiary/aromatic N) is 1. The van der Waals surface area contributed by atoms with Gasteiger partial charge in [0.05, 0.1) is 0 Å². The molecule has 0 fully saturated rings. The molecule has 2 nitrogen and oxygen atoms in total. The molecule has 0 heterocycles. The zero-order valence-electron chi connectivity index (χ0n) is 11.8. The van der Waals surface area contributed by atoms with Crippen molar-refractivity contribution in [2.75, 3.05) is 18.5 Å². The zero-order chi connectivity index (χ0) is 13.7. The smallest absolute Gasteiger partial charge is 0.0363 e. The van der Waals surface area contributed by atoms with Gasteiger partial charge in [-0.1, -0.05) is 42.0 Å². The fourth-order valence-electron chi connectivity index (χ4n) is 2.07. The number of rotatable bonds is 5. The standard InChI is InChI=1S/C17H22N2/c1-14-3-5-15(6-4-14)11-12-19(2)17-9-7-16(13-18)8-10-17/h3-10H,11-13,18H2,1-2H3. The molecule has 0 atom stereocenters. The van der Waals surface area contributed by atoms with Gasteiger partial charge in [0.25, 0.3) is 0 Å². The van der Waals surface area contributed by atoms with Gasteiger partial charge in [0, 0.05) is 25.8 Å². The lowest BCUT2D eigenvalue weighted by atomic mass is 10.1. The van der Waals surface area contributed by atoms with Crippen LogP contribution in [0, 0.1) is 6.92 Å². The summed E-state index contributed by atoms with van der Waals surface area (Å²) in [5.41, 5.74) is 10.7. The van der Waals surface area contributed by atoms with E-state index in [1.807, 2.05) is 0 Å². The summed E-state index contributed by atoms with van der Waals surface area (Å²) in [6, 6.07) is 17.2. The van der Waals surface area contributed by atoms with Crippen LogP contribution in [0.15, 0.2) is 48.5 Å². The number of hydrogen-bond acceptors (Lipinski definition) is 2. The molecule has 0 saturated carbocycles. The Hall–Kier alpha value is -1.80. The molecule has 0 saturated heterocycles. The Labute approximate surface area is 115 Å². The van der Waals surface area contributed by atoms with Crippen molar-refractivity contribution >= 4 is 5.69 Å². The molecule has 2 aromatic carbocycles. The largest absolute Gasteiger partial charge is 0.374 e. The molecule has 0 radical (unpaired) electrons. The third-order valence-corrected chi connectivity index (χ3v) is 3.47. The molecule has 0 aliphatic heterocycles. The van der Waals surface area contributed by atoms with Gasteiger partial charge in [-0.05, 0) is 36.6 Å².